The van der Waals surface area contributed by atoms with Crippen molar-refractivity contribution in [2.45, 2.75) is 0 Å². The van der Waals surface area contributed by atoms with Gasteiger partial charge in [0.2, 0.25) is 0 Å². The molecule has 2 rings (SSSR count). The summed E-state index contributed by atoms with van der Waals surface area (Å²) in [6.45, 7) is 0. The van der Waals surface area contributed by atoms with Crippen LogP contribution in [0.25, 0.3) is 6.08 Å². The first kappa shape index (κ1) is 17.6. The minimum absolute atomic E-state index is 0.0833. The lowest BCUT2D eigenvalue weighted by Gasteiger charge is -2.08. The summed E-state index contributed by atoms with van der Waals surface area (Å²) < 4.78 is 4.96. The molecule has 7 nitrogen and oxygen atoms in total. The zero-order valence-corrected chi connectivity index (χ0v) is 13.1. The number of carbonyl (C=O) groups excluding carboxylic acids is 1. The van der Waals surface area contributed by atoms with Crippen LogP contribution in [0.5, 0.6) is 11.5 Å². The maximum atomic E-state index is 12.2. The van der Waals surface area contributed by atoms with Crippen LogP contribution < -0.4 is 15.2 Å². The van der Waals surface area contributed by atoms with E-state index in [4.69, 9.17) is 9.84 Å². The van der Waals surface area contributed by atoms with Gasteiger partial charge in [0.15, 0.2) is 0 Å². The van der Waals surface area contributed by atoms with Gasteiger partial charge in [0, 0.05) is 5.69 Å². The Morgan fingerprint density at radius 1 is 1.24 bits per heavy atom. The van der Waals surface area contributed by atoms with Gasteiger partial charge in [-0.05, 0) is 35.9 Å². The van der Waals surface area contributed by atoms with Gasteiger partial charge in [-0.25, -0.2) is 4.79 Å². The fourth-order valence-corrected chi connectivity index (χ4v) is 2.03. The molecule has 0 fully saturated rings. The lowest BCUT2D eigenvalue weighted by Crippen LogP contribution is -2.13. The third-order valence-electron chi connectivity index (χ3n) is 3.24. The first-order valence-corrected chi connectivity index (χ1v) is 7.06. The topological polar surface area (TPSA) is 122 Å². The highest BCUT2D eigenvalue weighted by Crippen LogP contribution is 2.21. The average molecular weight is 337 g/mol. The van der Waals surface area contributed by atoms with E-state index in [0.717, 1.165) is 0 Å². The number of methoxy groups -OCH3 is 1. The molecule has 0 aliphatic heterocycles. The zero-order chi connectivity index (χ0) is 18.4. The number of carboxylic acid groups (broad SMARTS) is 1. The van der Waals surface area contributed by atoms with Crippen molar-refractivity contribution in [1.82, 2.24) is 0 Å². The number of carboxylic acids is 1. The number of benzene rings is 2. The number of anilines is 1. The molecule has 0 aliphatic carbocycles. The van der Waals surface area contributed by atoms with E-state index in [1.807, 2.05) is 0 Å². The second-order valence-corrected chi connectivity index (χ2v) is 4.91. The van der Waals surface area contributed by atoms with Crippen molar-refractivity contribution in [3.63, 3.8) is 0 Å². The molecule has 0 aliphatic rings. The minimum atomic E-state index is -1.19. The van der Waals surface area contributed by atoms with Gasteiger partial charge in [-0.1, -0.05) is 18.2 Å². The molecular formula is C18H13N2O5-. The largest absolute Gasteiger partial charge is 0.872 e. The van der Waals surface area contributed by atoms with Crippen molar-refractivity contribution < 1.29 is 24.5 Å². The van der Waals surface area contributed by atoms with E-state index in [2.05, 4.69) is 5.32 Å². The lowest BCUT2D eigenvalue weighted by atomic mass is 10.1. The number of nitrogens with zero attached hydrogens (tertiary/aromatic N) is 1. The maximum Gasteiger partial charge on any atom is 0.339 e. The Labute approximate surface area is 143 Å². The smallest absolute Gasteiger partial charge is 0.339 e. The van der Waals surface area contributed by atoms with E-state index in [0.29, 0.717) is 11.3 Å². The number of rotatable bonds is 5. The van der Waals surface area contributed by atoms with Crippen molar-refractivity contribution in [3.05, 3.63) is 59.2 Å². The predicted octanol–water partition coefficient (Wildman–Crippen LogP) is 2.01. The number of nitriles is 1. The average Bonchev–Trinajstić information content (AvgIpc) is 2.61. The van der Waals surface area contributed by atoms with E-state index in [1.54, 1.807) is 6.07 Å². The van der Waals surface area contributed by atoms with Gasteiger partial charge in [-0.15, -0.1) is 5.75 Å². The fraction of sp³-hybridized carbons (Fsp3) is 0.0556. The highest BCUT2D eigenvalue weighted by molar-refractivity contribution is 6.09. The number of hydrogen-bond donors (Lipinski definition) is 2. The molecule has 0 heterocycles. The molecule has 0 radical (unpaired) electrons. The number of hydrogen-bond acceptors (Lipinski definition) is 5. The van der Waals surface area contributed by atoms with Crippen LogP contribution in [-0.4, -0.2) is 24.1 Å². The summed E-state index contributed by atoms with van der Waals surface area (Å²) in [5.74, 6) is -1.89. The number of carbonyl (C=O) groups is 2. The zero-order valence-electron chi connectivity index (χ0n) is 13.1. The molecule has 126 valence electrons. The second-order valence-electron chi connectivity index (χ2n) is 4.91. The molecule has 2 aromatic rings. The van der Waals surface area contributed by atoms with Crippen LogP contribution in [0.2, 0.25) is 0 Å². The third kappa shape index (κ3) is 4.36. The van der Waals surface area contributed by atoms with E-state index in [9.17, 15) is 20.0 Å². The molecule has 0 spiro atoms. The molecule has 0 bridgehead atoms. The van der Waals surface area contributed by atoms with E-state index in [-0.39, 0.29) is 22.6 Å². The van der Waals surface area contributed by atoms with Crippen molar-refractivity contribution in [2.24, 2.45) is 0 Å². The SMILES string of the molecule is COc1ccc(/C=C(/C#N)C(=O)Nc2ccc([O-])cc2)cc1C(=O)O. The molecule has 2 aromatic carbocycles. The summed E-state index contributed by atoms with van der Waals surface area (Å²) in [6.07, 6.45) is 1.27. The van der Waals surface area contributed by atoms with Gasteiger partial charge in [-0.2, -0.15) is 5.26 Å². The lowest BCUT2D eigenvalue weighted by molar-refractivity contribution is -0.268. The van der Waals surface area contributed by atoms with Crippen LogP contribution in [-0.2, 0) is 4.79 Å². The predicted molar refractivity (Wildman–Crippen MR) is 88.1 cm³/mol. The normalized spacial score (nSPS) is 10.6. The summed E-state index contributed by atoms with van der Waals surface area (Å²) in [7, 11) is 1.35. The standard InChI is InChI=1S/C18H14N2O5/c1-25-16-7-2-11(9-15(16)18(23)24)8-12(10-19)17(22)20-13-3-5-14(21)6-4-13/h2-9,21H,1H3,(H,20,22)(H,23,24)/p-1/b12-8-. The van der Waals surface area contributed by atoms with Crippen molar-refractivity contribution >= 4 is 23.6 Å². The van der Waals surface area contributed by atoms with Crippen LogP contribution in [0, 0.1) is 11.3 Å². The Hall–Kier alpha value is -3.79. The van der Waals surface area contributed by atoms with Crippen molar-refractivity contribution in [1.29, 1.82) is 5.26 Å². The van der Waals surface area contributed by atoms with E-state index < -0.39 is 11.9 Å². The quantitative estimate of drug-likeness (QED) is 0.635. The molecule has 0 unspecified atom stereocenters. The molecule has 2 N–H and O–H groups in total. The fourth-order valence-electron chi connectivity index (χ4n) is 2.03. The summed E-state index contributed by atoms with van der Waals surface area (Å²) in [6, 6.07) is 11.5. The molecule has 1 amide bonds. The van der Waals surface area contributed by atoms with Crippen molar-refractivity contribution in [3.8, 4) is 17.6 Å². The Morgan fingerprint density at radius 2 is 1.92 bits per heavy atom. The minimum Gasteiger partial charge on any atom is -0.872 e. The first-order chi connectivity index (χ1) is 11.9. The van der Waals surface area contributed by atoms with E-state index >= 15 is 0 Å². The highest BCUT2D eigenvalue weighted by Gasteiger charge is 2.13. The van der Waals surface area contributed by atoms with Crippen LogP contribution in [0.3, 0.4) is 0 Å². The molecular weight excluding hydrogens is 324 g/mol. The van der Waals surface area contributed by atoms with Crippen LogP contribution in [0.15, 0.2) is 48.0 Å². The monoisotopic (exact) mass is 337 g/mol. The molecule has 0 saturated heterocycles. The van der Waals surface area contributed by atoms with E-state index in [1.165, 1.54) is 55.7 Å². The van der Waals surface area contributed by atoms with Crippen LogP contribution >= 0.6 is 0 Å². The van der Waals surface area contributed by atoms with Gasteiger partial charge in [0.05, 0.1) is 7.11 Å². The Bertz CT molecular complexity index is 879. The maximum absolute atomic E-state index is 12.2. The number of ether oxygens (including phenoxy) is 1. The van der Waals surface area contributed by atoms with Gasteiger partial charge >= 0.3 is 5.97 Å². The molecule has 0 saturated carbocycles. The summed E-state index contributed by atoms with van der Waals surface area (Å²) in [4.78, 5) is 23.4. The van der Waals surface area contributed by atoms with Gasteiger partial charge in [-0.3, -0.25) is 4.79 Å². The second kappa shape index (κ2) is 7.66. The third-order valence-corrected chi connectivity index (χ3v) is 3.24. The molecule has 25 heavy (non-hydrogen) atoms. The summed E-state index contributed by atoms with van der Waals surface area (Å²) in [5.41, 5.74) is 0.430. The number of nitrogens with one attached hydrogen (secondary N) is 1. The molecule has 0 aromatic heterocycles. The van der Waals surface area contributed by atoms with Gasteiger partial charge in [0.25, 0.3) is 5.91 Å². The number of amides is 1. The Morgan fingerprint density at radius 3 is 2.48 bits per heavy atom. The Kier molecular flexibility index (Phi) is 5.38. The van der Waals surface area contributed by atoms with Gasteiger partial charge < -0.3 is 20.3 Å². The van der Waals surface area contributed by atoms with Crippen molar-refractivity contribution in [2.75, 3.05) is 12.4 Å². The molecule has 7 heteroatoms. The van der Waals surface area contributed by atoms with Crippen LogP contribution in [0.1, 0.15) is 15.9 Å². The summed E-state index contributed by atoms with van der Waals surface area (Å²) >= 11 is 0. The first-order valence-electron chi connectivity index (χ1n) is 7.06. The highest BCUT2D eigenvalue weighted by atomic mass is 16.5. The summed E-state index contributed by atoms with van der Waals surface area (Å²) in [5, 5.41) is 31.9. The Balaban J connectivity index is 2.29. The van der Waals surface area contributed by atoms with Gasteiger partial charge in [0.1, 0.15) is 23.0 Å². The van der Waals surface area contributed by atoms with Crippen LogP contribution in [0.4, 0.5) is 5.69 Å². The molecule has 0 atom stereocenters. The number of aromatic carboxylic acids is 1.